The number of carbonyl (C=O) groups is 2. The predicted octanol–water partition coefficient (Wildman–Crippen LogP) is 4.08. The maximum Gasteiger partial charge on any atom is 0.340 e. The van der Waals surface area contributed by atoms with Crippen LogP contribution in [0.5, 0.6) is 0 Å². The number of benzene rings is 2. The molecule has 0 unspecified atom stereocenters. The number of esters is 1. The minimum absolute atomic E-state index is 0.0208. The summed E-state index contributed by atoms with van der Waals surface area (Å²) in [7, 11) is 0. The van der Waals surface area contributed by atoms with Gasteiger partial charge in [0, 0.05) is 33.5 Å². The first-order valence-electron chi connectivity index (χ1n) is 8.06. The predicted molar refractivity (Wildman–Crippen MR) is 102 cm³/mol. The number of hydrogen-bond acceptors (Lipinski definition) is 6. The van der Waals surface area contributed by atoms with E-state index in [4.69, 9.17) is 16.3 Å². The van der Waals surface area contributed by atoms with E-state index in [9.17, 15) is 19.7 Å². The fourth-order valence-corrected chi connectivity index (χ4v) is 3.07. The van der Waals surface area contributed by atoms with Crippen LogP contribution in [0, 0.1) is 10.1 Å². The second-order valence-electron chi connectivity index (χ2n) is 5.42. The third kappa shape index (κ3) is 6.26. The van der Waals surface area contributed by atoms with E-state index in [0.29, 0.717) is 16.5 Å². The van der Waals surface area contributed by atoms with Gasteiger partial charge in [0.2, 0.25) is 0 Å². The number of nitro groups is 1. The molecule has 1 N–H and O–H groups in total. The van der Waals surface area contributed by atoms with Crippen LogP contribution >= 0.6 is 23.4 Å². The van der Waals surface area contributed by atoms with Crippen LogP contribution in [0.4, 0.5) is 5.69 Å². The SMILES string of the molecule is CCCNC(=O)COC(=O)c1cc([N+](=O)[O-])ccc1Sc1ccc(Cl)cc1. The molecule has 0 bridgehead atoms. The number of hydrogen-bond donors (Lipinski definition) is 1. The first-order valence-corrected chi connectivity index (χ1v) is 9.26. The van der Waals surface area contributed by atoms with Gasteiger partial charge in [0.15, 0.2) is 6.61 Å². The lowest BCUT2D eigenvalue weighted by atomic mass is 10.2. The van der Waals surface area contributed by atoms with Gasteiger partial charge in [-0.3, -0.25) is 14.9 Å². The Hall–Kier alpha value is -2.58. The molecular weight excluding hydrogens is 392 g/mol. The third-order valence-electron chi connectivity index (χ3n) is 3.34. The highest BCUT2D eigenvalue weighted by Crippen LogP contribution is 2.33. The number of non-ortho nitro benzene ring substituents is 1. The summed E-state index contributed by atoms with van der Waals surface area (Å²) in [5.41, 5.74) is -0.217. The minimum atomic E-state index is -0.804. The summed E-state index contributed by atoms with van der Waals surface area (Å²) in [6, 6.07) is 10.9. The van der Waals surface area contributed by atoms with Gasteiger partial charge in [0.1, 0.15) is 0 Å². The van der Waals surface area contributed by atoms with E-state index in [1.54, 1.807) is 24.3 Å². The maximum absolute atomic E-state index is 12.4. The molecule has 0 aliphatic heterocycles. The van der Waals surface area contributed by atoms with Gasteiger partial charge in [-0.1, -0.05) is 30.3 Å². The second kappa shape index (κ2) is 9.94. The van der Waals surface area contributed by atoms with Crippen molar-refractivity contribution < 1.29 is 19.2 Å². The lowest BCUT2D eigenvalue weighted by Gasteiger charge is -2.10. The summed E-state index contributed by atoms with van der Waals surface area (Å²) in [5, 5.41) is 14.2. The number of carbonyl (C=O) groups excluding carboxylic acids is 2. The van der Waals surface area contributed by atoms with Crippen LogP contribution < -0.4 is 5.32 Å². The van der Waals surface area contributed by atoms with Crippen molar-refractivity contribution in [2.24, 2.45) is 0 Å². The molecule has 2 aromatic rings. The molecule has 0 fully saturated rings. The molecule has 0 aromatic heterocycles. The summed E-state index contributed by atoms with van der Waals surface area (Å²) >= 11 is 7.10. The fraction of sp³-hybridized carbons (Fsp3) is 0.222. The second-order valence-corrected chi connectivity index (χ2v) is 6.97. The smallest absolute Gasteiger partial charge is 0.340 e. The van der Waals surface area contributed by atoms with E-state index in [1.807, 2.05) is 6.92 Å². The van der Waals surface area contributed by atoms with E-state index >= 15 is 0 Å². The molecule has 2 aromatic carbocycles. The lowest BCUT2D eigenvalue weighted by Crippen LogP contribution is -2.29. The Labute approximate surface area is 165 Å². The highest BCUT2D eigenvalue weighted by atomic mass is 35.5. The zero-order valence-electron chi connectivity index (χ0n) is 14.4. The molecule has 1 amide bonds. The molecule has 7 nitrogen and oxygen atoms in total. The number of nitrogens with one attached hydrogen (secondary N) is 1. The van der Waals surface area contributed by atoms with Crippen LogP contribution in [0.2, 0.25) is 5.02 Å². The third-order valence-corrected chi connectivity index (χ3v) is 4.68. The van der Waals surface area contributed by atoms with E-state index < -0.39 is 23.4 Å². The number of amides is 1. The standard InChI is InChI=1S/C18H17ClN2O5S/c1-2-9-20-17(22)11-26-18(23)15-10-13(21(24)25)5-8-16(15)27-14-6-3-12(19)4-7-14/h3-8,10H,2,9,11H2,1H3,(H,20,22). The van der Waals surface area contributed by atoms with Gasteiger partial charge in [0.05, 0.1) is 10.5 Å². The highest BCUT2D eigenvalue weighted by molar-refractivity contribution is 7.99. The molecule has 142 valence electrons. The number of nitrogens with zero attached hydrogens (tertiary/aromatic N) is 1. The van der Waals surface area contributed by atoms with Gasteiger partial charge < -0.3 is 10.1 Å². The topological polar surface area (TPSA) is 98.5 Å². The Bertz CT molecular complexity index is 842. The summed E-state index contributed by atoms with van der Waals surface area (Å²) in [6.45, 7) is 1.92. The van der Waals surface area contributed by atoms with Crippen LogP contribution in [0.15, 0.2) is 52.3 Å². The van der Waals surface area contributed by atoms with Crippen molar-refractivity contribution in [3.63, 3.8) is 0 Å². The van der Waals surface area contributed by atoms with Gasteiger partial charge >= 0.3 is 5.97 Å². The monoisotopic (exact) mass is 408 g/mol. The van der Waals surface area contributed by atoms with Gasteiger partial charge in [-0.05, 0) is 36.8 Å². The number of ether oxygens (including phenoxy) is 1. The Morgan fingerprint density at radius 1 is 1.22 bits per heavy atom. The molecule has 27 heavy (non-hydrogen) atoms. The van der Waals surface area contributed by atoms with Crippen molar-refractivity contribution in [1.29, 1.82) is 0 Å². The zero-order valence-corrected chi connectivity index (χ0v) is 16.0. The van der Waals surface area contributed by atoms with E-state index in [2.05, 4.69) is 5.32 Å². The quantitative estimate of drug-likeness (QED) is 0.401. The Kier molecular flexibility index (Phi) is 7.63. The van der Waals surface area contributed by atoms with Crippen molar-refractivity contribution in [1.82, 2.24) is 5.32 Å². The maximum atomic E-state index is 12.4. The van der Waals surface area contributed by atoms with Crippen LogP contribution in [0.3, 0.4) is 0 Å². The molecule has 0 aliphatic carbocycles. The van der Waals surface area contributed by atoms with Gasteiger partial charge in [-0.25, -0.2) is 4.79 Å². The Morgan fingerprint density at radius 3 is 2.56 bits per heavy atom. The van der Waals surface area contributed by atoms with Crippen LogP contribution in [0.1, 0.15) is 23.7 Å². The van der Waals surface area contributed by atoms with Crippen LogP contribution in [-0.2, 0) is 9.53 Å². The van der Waals surface area contributed by atoms with Gasteiger partial charge in [-0.15, -0.1) is 0 Å². The zero-order chi connectivity index (χ0) is 19.8. The van der Waals surface area contributed by atoms with Crippen LogP contribution in [0.25, 0.3) is 0 Å². The first-order chi connectivity index (χ1) is 12.9. The van der Waals surface area contributed by atoms with Gasteiger partial charge in [-0.2, -0.15) is 0 Å². The molecule has 9 heteroatoms. The largest absolute Gasteiger partial charge is 0.452 e. The number of halogens is 1. The lowest BCUT2D eigenvalue weighted by molar-refractivity contribution is -0.384. The average molecular weight is 409 g/mol. The summed E-state index contributed by atoms with van der Waals surface area (Å²) < 4.78 is 5.01. The molecule has 2 rings (SSSR count). The first kappa shape index (κ1) is 20.7. The van der Waals surface area contributed by atoms with Crippen molar-refractivity contribution in [3.8, 4) is 0 Å². The average Bonchev–Trinajstić information content (AvgIpc) is 2.66. The fourth-order valence-electron chi connectivity index (χ4n) is 2.03. The molecule has 0 atom stereocenters. The molecule has 0 saturated carbocycles. The highest BCUT2D eigenvalue weighted by Gasteiger charge is 2.19. The van der Waals surface area contributed by atoms with Gasteiger partial charge in [0.25, 0.3) is 11.6 Å². The minimum Gasteiger partial charge on any atom is -0.452 e. The molecule has 0 saturated heterocycles. The van der Waals surface area contributed by atoms with Crippen molar-refractivity contribution in [2.45, 2.75) is 23.1 Å². The normalized spacial score (nSPS) is 10.3. The number of rotatable bonds is 8. The molecule has 0 spiro atoms. The Morgan fingerprint density at radius 2 is 1.93 bits per heavy atom. The molecule has 0 radical (unpaired) electrons. The van der Waals surface area contributed by atoms with Crippen molar-refractivity contribution in [2.75, 3.05) is 13.2 Å². The number of nitro benzene ring substituents is 1. The summed E-state index contributed by atoms with van der Waals surface area (Å²) in [5.74, 6) is -1.23. The van der Waals surface area contributed by atoms with Crippen LogP contribution in [-0.4, -0.2) is 30.0 Å². The summed E-state index contributed by atoms with van der Waals surface area (Å²) in [6.07, 6.45) is 0.756. The molecule has 0 heterocycles. The Balaban J connectivity index is 2.21. The van der Waals surface area contributed by atoms with E-state index in [1.165, 1.54) is 23.9 Å². The van der Waals surface area contributed by atoms with Crippen molar-refractivity contribution in [3.05, 3.63) is 63.2 Å². The summed E-state index contributed by atoms with van der Waals surface area (Å²) in [4.78, 5) is 35.7. The molecule has 0 aliphatic rings. The van der Waals surface area contributed by atoms with Crippen molar-refractivity contribution >= 4 is 40.9 Å². The molecular formula is C18H17ClN2O5S. The van der Waals surface area contributed by atoms with E-state index in [-0.39, 0.29) is 11.3 Å². The van der Waals surface area contributed by atoms with E-state index in [0.717, 1.165) is 17.4 Å².